The molecular formula is C21H26F7N3O2. The van der Waals surface area contributed by atoms with E-state index in [9.17, 15) is 40.3 Å². The first-order valence-corrected chi connectivity index (χ1v) is 10.3. The summed E-state index contributed by atoms with van der Waals surface area (Å²) >= 11 is 0. The normalized spacial score (nSPS) is 16.5. The Morgan fingerprint density at radius 1 is 0.939 bits per heavy atom. The van der Waals surface area contributed by atoms with Crippen molar-refractivity contribution < 1.29 is 40.3 Å². The molecule has 1 saturated heterocycles. The molecule has 12 heteroatoms. The molecule has 0 bridgehead atoms. The molecule has 2 N–H and O–H groups in total. The van der Waals surface area contributed by atoms with Crippen molar-refractivity contribution in [1.29, 1.82) is 0 Å². The van der Waals surface area contributed by atoms with Crippen LogP contribution in [0.25, 0.3) is 0 Å². The topological polar surface area (TPSA) is 61.4 Å². The monoisotopic (exact) mass is 485 g/mol. The van der Waals surface area contributed by atoms with E-state index >= 15 is 0 Å². The number of hydrogen-bond acceptors (Lipinski definition) is 3. The maximum Gasteiger partial charge on any atom is 0.416 e. The third kappa shape index (κ3) is 8.49. The van der Waals surface area contributed by atoms with Gasteiger partial charge in [-0.15, -0.1) is 0 Å². The lowest BCUT2D eigenvalue weighted by molar-refractivity contribution is -0.143. The molecular weight excluding hydrogens is 459 g/mol. The molecule has 1 aliphatic heterocycles. The third-order valence-corrected chi connectivity index (χ3v) is 5.31. The van der Waals surface area contributed by atoms with Crippen molar-refractivity contribution >= 4 is 17.5 Å². The van der Waals surface area contributed by atoms with Gasteiger partial charge in [-0.2, -0.15) is 26.3 Å². The fourth-order valence-corrected chi connectivity index (χ4v) is 3.45. The minimum Gasteiger partial charge on any atom is -0.352 e. The van der Waals surface area contributed by atoms with Crippen LogP contribution in [0.1, 0.15) is 44.2 Å². The molecule has 0 saturated carbocycles. The van der Waals surface area contributed by atoms with Gasteiger partial charge < -0.3 is 15.5 Å². The highest BCUT2D eigenvalue weighted by Crippen LogP contribution is 2.37. The lowest BCUT2D eigenvalue weighted by Crippen LogP contribution is -2.44. The summed E-state index contributed by atoms with van der Waals surface area (Å²) in [5, 5.41) is 4.64. The molecule has 0 spiro atoms. The quantitative estimate of drug-likeness (QED) is 0.554. The van der Waals surface area contributed by atoms with E-state index in [1.54, 1.807) is 0 Å². The molecule has 1 fully saturated rings. The number of piperidine rings is 1. The summed E-state index contributed by atoms with van der Waals surface area (Å²) in [5.74, 6) is -1.47. The molecule has 186 valence electrons. The number of benzene rings is 1. The number of carbonyl (C=O) groups excluding carboxylic acids is 2. The summed E-state index contributed by atoms with van der Waals surface area (Å²) in [6.45, 7) is 4.24. The van der Waals surface area contributed by atoms with Gasteiger partial charge in [-0.05, 0) is 63.9 Å². The van der Waals surface area contributed by atoms with Crippen LogP contribution in [-0.4, -0.2) is 48.6 Å². The Hall–Kier alpha value is -2.37. The third-order valence-electron chi connectivity index (χ3n) is 5.31. The van der Waals surface area contributed by atoms with Gasteiger partial charge >= 0.3 is 12.4 Å². The molecule has 0 atom stereocenters. The molecule has 33 heavy (non-hydrogen) atoms. The van der Waals surface area contributed by atoms with E-state index in [1.807, 2.05) is 4.90 Å². The minimum atomic E-state index is -4.99. The number of anilines is 1. The number of amides is 2. The number of hydrogen-bond donors (Lipinski definition) is 2. The molecule has 1 heterocycles. The van der Waals surface area contributed by atoms with Crippen molar-refractivity contribution in [3.05, 3.63) is 29.3 Å². The summed E-state index contributed by atoms with van der Waals surface area (Å²) in [6.07, 6.45) is -8.85. The van der Waals surface area contributed by atoms with Crippen LogP contribution in [0.15, 0.2) is 18.2 Å². The number of nitrogens with one attached hydrogen (secondary N) is 2. The van der Waals surface area contributed by atoms with Gasteiger partial charge in [0.15, 0.2) is 5.67 Å². The molecule has 1 aromatic rings. The van der Waals surface area contributed by atoms with E-state index in [0.29, 0.717) is 44.6 Å². The van der Waals surface area contributed by atoms with E-state index in [4.69, 9.17) is 0 Å². The van der Waals surface area contributed by atoms with Gasteiger partial charge in [-0.25, -0.2) is 4.39 Å². The Balaban J connectivity index is 1.87. The van der Waals surface area contributed by atoms with E-state index in [2.05, 4.69) is 10.6 Å². The molecule has 2 rings (SSSR count). The number of nitrogens with zero attached hydrogens (tertiary/aromatic N) is 1. The van der Waals surface area contributed by atoms with Crippen LogP contribution in [0.2, 0.25) is 0 Å². The average molecular weight is 485 g/mol. The van der Waals surface area contributed by atoms with Crippen LogP contribution in [0.4, 0.5) is 36.4 Å². The van der Waals surface area contributed by atoms with Gasteiger partial charge in [0, 0.05) is 25.2 Å². The second kappa shape index (κ2) is 10.3. The maximum atomic E-state index is 13.5. The highest BCUT2D eigenvalue weighted by atomic mass is 19.4. The van der Waals surface area contributed by atoms with Crippen LogP contribution in [-0.2, 0) is 21.9 Å². The standard InChI is InChI=1S/C21H26F7N3O2/c1-19(2,22)18(33)29-5-8-31-6-3-13(4-7-31)9-17(32)30-16-11-14(20(23,24)25)10-15(12-16)21(26,27)28/h10-13H,3-9H2,1-2H3,(H,29,33)(H,30,32). The Bertz CT molecular complexity index is 807. The second-order valence-corrected chi connectivity index (χ2v) is 8.56. The van der Waals surface area contributed by atoms with Crippen molar-refractivity contribution in [3.63, 3.8) is 0 Å². The summed E-state index contributed by atoms with van der Waals surface area (Å²) in [5.41, 5.74) is -5.53. The molecule has 0 unspecified atom stereocenters. The zero-order valence-corrected chi connectivity index (χ0v) is 18.2. The van der Waals surface area contributed by atoms with Crippen molar-refractivity contribution in [2.75, 3.05) is 31.5 Å². The molecule has 1 aromatic carbocycles. The summed E-state index contributed by atoms with van der Waals surface area (Å²) < 4.78 is 91.1. The van der Waals surface area contributed by atoms with Crippen molar-refractivity contribution in [1.82, 2.24) is 10.2 Å². The van der Waals surface area contributed by atoms with Gasteiger partial charge in [0.1, 0.15) is 0 Å². The Labute approximate surface area is 186 Å². The minimum absolute atomic E-state index is 0.00235. The van der Waals surface area contributed by atoms with Crippen LogP contribution >= 0.6 is 0 Å². The summed E-state index contributed by atoms with van der Waals surface area (Å²) in [4.78, 5) is 25.8. The number of rotatable bonds is 7. The van der Waals surface area contributed by atoms with E-state index in [1.165, 1.54) is 0 Å². The van der Waals surface area contributed by atoms with Crippen molar-refractivity contribution in [2.24, 2.45) is 5.92 Å². The Morgan fingerprint density at radius 3 is 1.91 bits per heavy atom. The van der Waals surface area contributed by atoms with Crippen LogP contribution in [0, 0.1) is 5.92 Å². The number of halogens is 7. The van der Waals surface area contributed by atoms with Crippen molar-refractivity contribution in [3.8, 4) is 0 Å². The second-order valence-electron chi connectivity index (χ2n) is 8.56. The number of alkyl halides is 7. The zero-order valence-electron chi connectivity index (χ0n) is 18.2. The highest BCUT2D eigenvalue weighted by Gasteiger charge is 2.37. The lowest BCUT2D eigenvalue weighted by Gasteiger charge is -2.31. The predicted octanol–water partition coefficient (Wildman–Crippen LogP) is 4.63. The molecule has 0 aromatic heterocycles. The predicted molar refractivity (Wildman–Crippen MR) is 107 cm³/mol. The van der Waals surface area contributed by atoms with Gasteiger partial charge in [0.2, 0.25) is 5.91 Å². The summed E-state index contributed by atoms with van der Waals surface area (Å²) in [7, 11) is 0. The smallest absolute Gasteiger partial charge is 0.352 e. The first-order chi connectivity index (χ1) is 15.1. The molecule has 5 nitrogen and oxygen atoms in total. The zero-order chi connectivity index (χ0) is 25.0. The van der Waals surface area contributed by atoms with Crippen molar-refractivity contribution in [2.45, 2.75) is 51.1 Å². The van der Waals surface area contributed by atoms with E-state index < -0.39 is 46.7 Å². The summed E-state index contributed by atoms with van der Waals surface area (Å²) in [6, 6.07) is 0.952. The first kappa shape index (κ1) is 26.9. The molecule has 0 radical (unpaired) electrons. The highest BCUT2D eigenvalue weighted by molar-refractivity contribution is 5.91. The van der Waals surface area contributed by atoms with Gasteiger partial charge in [0.25, 0.3) is 5.91 Å². The molecule has 0 aliphatic carbocycles. The fraction of sp³-hybridized carbons (Fsp3) is 0.619. The molecule has 2 amide bonds. The van der Waals surface area contributed by atoms with E-state index in [0.717, 1.165) is 13.8 Å². The van der Waals surface area contributed by atoms with Gasteiger partial charge in [-0.1, -0.05) is 0 Å². The number of carbonyl (C=O) groups is 2. The first-order valence-electron chi connectivity index (χ1n) is 10.3. The maximum absolute atomic E-state index is 13.5. The van der Waals surface area contributed by atoms with Crippen LogP contribution < -0.4 is 10.6 Å². The van der Waals surface area contributed by atoms with Crippen LogP contribution in [0.5, 0.6) is 0 Å². The Morgan fingerprint density at radius 2 is 1.45 bits per heavy atom. The van der Waals surface area contributed by atoms with Crippen LogP contribution in [0.3, 0.4) is 0 Å². The van der Waals surface area contributed by atoms with Gasteiger partial charge in [0.05, 0.1) is 11.1 Å². The number of likely N-dealkylation sites (tertiary alicyclic amines) is 1. The lowest BCUT2D eigenvalue weighted by atomic mass is 9.93. The largest absolute Gasteiger partial charge is 0.416 e. The average Bonchev–Trinajstić information content (AvgIpc) is 2.67. The SMILES string of the molecule is CC(C)(F)C(=O)NCCN1CCC(CC(=O)Nc2cc(C(F)(F)F)cc(C(F)(F)F)c2)CC1. The molecule has 1 aliphatic rings. The van der Waals surface area contributed by atoms with E-state index in [-0.39, 0.29) is 24.9 Å². The Kier molecular flexibility index (Phi) is 8.36. The fourth-order valence-electron chi connectivity index (χ4n) is 3.45. The van der Waals surface area contributed by atoms with Gasteiger partial charge in [-0.3, -0.25) is 9.59 Å².